The molecular weight excluding hydrogens is 243 g/mol. The van der Waals surface area contributed by atoms with Crippen molar-refractivity contribution >= 4 is 0 Å². The third kappa shape index (κ3) is 2.74. The van der Waals surface area contributed by atoms with Gasteiger partial charge in [0.15, 0.2) is 0 Å². The third-order valence-electron chi connectivity index (χ3n) is 4.12. The first-order chi connectivity index (χ1) is 9.17. The van der Waals surface area contributed by atoms with Gasteiger partial charge in [0.25, 0.3) is 0 Å². The molecule has 1 aliphatic carbocycles. The smallest absolute Gasteiger partial charge is 0.124 e. The molecule has 0 amide bonds. The molecule has 1 saturated heterocycles. The van der Waals surface area contributed by atoms with Crippen LogP contribution in [-0.2, 0) is 0 Å². The average Bonchev–Trinajstić information content (AvgIpc) is 3.13. The maximum Gasteiger partial charge on any atom is 0.124 e. The van der Waals surface area contributed by atoms with Crippen LogP contribution in [-0.4, -0.2) is 31.1 Å². The van der Waals surface area contributed by atoms with Crippen LogP contribution in [0.15, 0.2) is 18.2 Å². The Labute approximate surface area is 113 Å². The zero-order valence-corrected chi connectivity index (χ0v) is 11.3. The van der Waals surface area contributed by atoms with Crippen LogP contribution >= 0.6 is 0 Å². The van der Waals surface area contributed by atoms with Crippen LogP contribution in [0.4, 0.5) is 4.39 Å². The fourth-order valence-electron chi connectivity index (χ4n) is 2.89. The lowest BCUT2D eigenvalue weighted by molar-refractivity contribution is 0.273. The van der Waals surface area contributed by atoms with Crippen molar-refractivity contribution < 1.29 is 9.13 Å². The molecule has 1 heterocycles. The van der Waals surface area contributed by atoms with E-state index >= 15 is 0 Å². The second-order valence-electron chi connectivity index (χ2n) is 5.79. The summed E-state index contributed by atoms with van der Waals surface area (Å²) in [6.07, 6.45) is 3.55. The van der Waals surface area contributed by atoms with Gasteiger partial charge < -0.3 is 10.5 Å². The van der Waals surface area contributed by atoms with Gasteiger partial charge in [0.1, 0.15) is 11.6 Å². The summed E-state index contributed by atoms with van der Waals surface area (Å²) in [6.45, 7) is 1.66. The number of nitrogens with zero attached hydrogens (tertiary/aromatic N) is 1. The van der Waals surface area contributed by atoms with Crippen molar-refractivity contribution in [2.24, 2.45) is 11.7 Å². The minimum atomic E-state index is -0.192. The molecule has 0 spiro atoms. The zero-order chi connectivity index (χ0) is 13.4. The quantitative estimate of drug-likeness (QED) is 0.907. The summed E-state index contributed by atoms with van der Waals surface area (Å²) in [4.78, 5) is 2.26. The highest BCUT2D eigenvalue weighted by Crippen LogP contribution is 2.40. The molecule has 2 atom stereocenters. The SMILES string of the molecule is CN1CC(CN)CC1c1cc(F)ccc1OC1CC1. The van der Waals surface area contributed by atoms with E-state index in [0.717, 1.165) is 37.1 Å². The van der Waals surface area contributed by atoms with Gasteiger partial charge in [-0.25, -0.2) is 4.39 Å². The summed E-state index contributed by atoms with van der Waals surface area (Å²) in [5.74, 6) is 1.15. The van der Waals surface area contributed by atoms with Crippen molar-refractivity contribution in [1.29, 1.82) is 0 Å². The number of nitrogens with two attached hydrogens (primary N) is 1. The van der Waals surface area contributed by atoms with Crippen molar-refractivity contribution in [2.75, 3.05) is 20.1 Å². The molecule has 4 heteroatoms. The summed E-state index contributed by atoms with van der Waals surface area (Å²) >= 11 is 0. The summed E-state index contributed by atoms with van der Waals surface area (Å²) in [5, 5.41) is 0. The Hall–Kier alpha value is -1.13. The summed E-state index contributed by atoms with van der Waals surface area (Å²) in [7, 11) is 2.08. The Morgan fingerprint density at radius 2 is 2.21 bits per heavy atom. The molecule has 0 bridgehead atoms. The van der Waals surface area contributed by atoms with Crippen molar-refractivity contribution in [3.63, 3.8) is 0 Å². The van der Waals surface area contributed by atoms with Crippen molar-refractivity contribution in [2.45, 2.75) is 31.4 Å². The maximum absolute atomic E-state index is 13.6. The number of likely N-dealkylation sites (tertiary alicyclic amines) is 1. The summed E-state index contributed by atoms with van der Waals surface area (Å²) in [5.41, 5.74) is 6.74. The van der Waals surface area contributed by atoms with Crippen molar-refractivity contribution in [3.8, 4) is 5.75 Å². The van der Waals surface area contributed by atoms with E-state index in [2.05, 4.69) is 11.9 Å². The van der Waals surface area contributed by atoms with E-state index < -0.39 is 0 Å². The molecule has 3 nitrogen and oxygen atoms in total. The van der Waals surface area contributed by atoms with Gasteiger partial charge in [0.05, 0.1) is 6.10 Å². The normalized spacial score (nSPS) is 27.7. The van der Waals surface area contributed by atoms with E-state index in [-0.39, 0.29) is 11.9 Å². The third-order valence-corrected chi connectivity index (χ3v) is 4.12. The lowest BCUT2D eigenvalue weighted by Crippen LogP contribution is -2.21. The second-order valence-corrected chi connectivity index (χ2v) is 5.79. The molecule has 2 fully saturated rings. The van der Waals surface area contributed by atoms with Gasteiger partial charge in [-0.1, -0.05) is 0 Å². The number of benzene rings is 1. The topological polar surface area (TPSA) is 38.5 Å². The summed E-state index contributed by atoms with van der Waals surface area (Å²) < 4.78 is 19.5. The largest absolute Gasteiger partial charge is 0.490 e. The molecule has 1 saturated carbocycles. The average molecular weight is 264 g/mol. The minimum Gasteiger partial charge on any atom is -0.490 e. The monoisotopic (exact) mass is 264 g/mol. The predicted molar refractivity (Wildman–Crippen MR) is 72.6 cm³/mol. The highest BCUT2D eigenvalue weighted by molar-refractivity contribution is 5.37. The summed E-state index contributed by atoms with van der Waals surface area (Å²) in [6, 6.07) is 5.10. The van der Waals surface area contributed by atoms with E-state index in [1.54, 1.807) is 12.1 Å². The first-order valence-corrected chi connectivity index (χ1v) is 7.03. The number of hydrogen-bond donors (Lipinski definition) is 1. The second kappa shape index (κ2) is 5.10. The van der Waals surface area contributed by atoms with Crippen LogP contribution in [0, 0.1) is 11.7 Å². The van der Waals surface area contributed by atoms with Gasteiger partial charge >= 0.3 is 0 Å². The van der Waals surface area contributed by atoms with Crippen LogP contribution in [0.25, 0.3) is 0 Å². The highest BCUT2D eigenvalue weighted by atomic mass is 19.1. The molecule has 1 aromatic carbocycles. The van der Waals surface area contributed by atoms with Crippen molar-refractivity contribution in [1.82, 2.24) is 4.90 Å². The van der Waals surface area contributed by atoms with E-state index in [9.17, 15) is 4.39 Å². The molecule has 2 N–H and O–H groups in total. The van der Waals surface area contributed by atoms with E-state index in [0.29, 0.717) is 18.6 Å². The Kier molecular flexibility index (Phi) is 3.46. The number of rotatable bonds is 4. The first-order valence-electron chi connectivity index (χ1n) is 7.03. The molecule has 2 unspecified atom stereocenters. The zero-order valence-electron chi connectivity index (χ0n) is 11.3. The van der Waals surface area contributed by atoms with Crippen LogP contribution in [0.1, 0.15) is 30.9 Å². The fraction of sp³-hybridized carbons (Fsp3) is 0.600. The Bertz CT molecular complexity index is 461. The van der Waals surface area contributed by atoms with Crippen molar-refractivity contribution in [3.05, 3.63) is 29.6 Å². The Morgan fingerprint density at radius 1 is 1.42 bits per heavy atom. The van der Waals surface area contributed by atoms with Crippen LogP contribution < -0.4 is 10.5 Å². The first kappa shape index (κ1) is 12.9. The van der Waals surface area contributed by atoms with E-state index in [1.165, 1.54) is 6.07 Å². The van der Waals surface area contributed by atoms with E-state index in [1.807, 2.05) is 0 Å². The lowest BCUT2D eigenvalue weighted by Gasteiger charge is -2.22. The number of halogens is 1. The molecule has 104 valence electrons. The number of ether oxygens (including phenoxy) is 1. The lowest BCUT2D eigenvalue weighted by atomic mass is 9.99. The van der Waals surface area contributed by atoms with E-state index in [4.69, 9.17) is 10.5 Å². The van der Waals surface area contributed by atoms with Gasteiger partial charge in [0, 0.05) is 18.2 Å². The molecular formula is C15H21FN2O. The Balaban J connectivity index is 1.87. The van der Waals surface area contributed by atoms with Gasteiger partial charge in [0.2, 0.25) is 0 Å². The fourth-order valence-corrected chi connectivity index (χ4v) is 2.89. The maximum atomic E-state index is 13.6. The van der Waals surface area contributed by atoms with Crippen LogP contribution in [0.2, 0.25) is 0 Å². The van der Waals surface area contributed by atoms with Gasteiger partial charge in [-0.15, -0.1) is 0 Å². The molecule has 2 aliphatic rings. The van der Waals surface area contributed by atoms with Crippen LogP contribution in [0.5, 0.6) is 5.75 Å². The van der Waals surface area contributed by atoms with Gasteiger partial charge in [-0.2, -0.15) is 0 Å². The van der Waals surface area contributed by atoms with Gasteiger partial charge in [-0.05, 0) is 57.0 Å². The Morgan fingerprint density at radius 3 is 2.84 bits per heavy atom. The molecule has 0 radical (unpaired) electrons. The standard InChI is InChI=1S/C15H21FN2O/c1-18-9-10(8-17)6-14(18)13-7-11(16)2-5-15(13)19-12-3-4-12/h2,5,7,10,12,14H,3-4,6,8-9,17H2,1H3. The number of hydrogen-bond acceptors (Lipinski definition) is 3. The van der Waals surface area contributed by atoms with Gasteiger partial charge in [-0.3, -0.25) is 4.90 Å². The molecule has 0 aromatic heterocycles. The molecule has 3 rings (SSSR count). The minimum absolute atomic E-state index is 0.192. The van der Waals surface area contributed by atoms with Crippen LogP contribution in [0.3, 0.4) is 0 Å². The molecule has 1 aliphatic heterocycles. The molecule has 19 heavy (non-hydrogen) atoms. The molecule has 1 aromatic rings. The predicted octanol–water partition coefficient (Wildman–Crippen LogP) is 2.32. The highest BCUT2D eigenvalue weighted by Gasteiger charge is 2.33.